The Bertz CT molecular complexity index is 944. The van der Waals surface area contributed by atoms with Gasteiger partial charge in [-0.1, -0.05) is 6.07 Å². The van der Waals surface area contributed by atoms with E-state index in [0.29, 0.717) is 40.7 Å². The average Bonchev–Trinajstić information content (AvgIpc) is 2.71. The van der Waals surface area contributed by atoms with Gasteiger partial charge in [0.1, 0.15) is 23.0 Å². The molecule has 2 aromatic carbocycles. The van der Waals surface area contributed by atoms with Crippen LogP contribution in [-0.4, -0.2) is 43.4 Å². The monoisotopic (exact) mass is 421 g/mol. The van der Waals surface area contributed by atoms with E-state index in [-0.39, 0.29) is 5.75 Å². The van der Waals surface area contributed by atoms with E-state index in [1.54, 1.807) is 37.4 Å². The van der Waals surface area contributed by atoms with E-state index in [0.717, 1.165) is 11.1 Å². The minimum Gasteiger partial charge on any atom is -0.496 e. The summed E-state index contributed by atoms with van der Waals surface area (Å²) in [5.41, 5.74) is 1.92. The van der Waals surface area contributed by atoms with Gasteiger partial charge >= 0.3 is 0 Å². The summed E-state index contributed by atoms with van der Waals surface area (Å²) in [6, 6.07) is 8.60. The summed E-state index contributed by atoms with van der Waals surface area (Å²) in [5.74, 6) is 1.97. The second-order valence-corrected chi connectivity index (χ2v) is 8.01. The van der Waals surface area contributed by atoms with Crippen molar-refractivity contribution in [2.24, 2.45) is 0 Å². The number of rotatable bonds is 10. The summed E-state index contributed by atoms with van der Waals surface area (Å²) < 4.78 is 46.6. The zero-order valence-electron chi connectivity index (χ0n) is 17.3. The Labute approximate surface area is 172 Å². The molecular weight excluding hydrogens is 394 g/mol. The first-order valence-electron chi connectivity index (χ1n) is 8.99. The molecule has 0 saturated heterocycles. The highest BCUT2D eigenvalue weighted by Crippen LogP contribution is 2.35. The molecule has 0 amide bonds. The molecule has 0 fully saturated rings. The summed E-state index contributed by atoms with van der Waals surface area (Å²) in [6.07, 6.45) is 1.47. The van der Waals surface area contributed by atoms with Crippen LogP contribution in [0.5, 0.6) is 23.0 Å². The van der Waals surface area contributed by atoms with Gasteiger partial charge in [0.25, 0.3) is 0 Å². The number of nitrogens with one attached hydrogen (secondary N) is 1. The molecule has 0 heterocycles. The number of methoxy groups -OCH3 is 4. The molecule has 0 radical (unpaired) electrons. The molecule has 29 heavy (non-hydrogen) atoms. The smallest absolute Gasteiger partial charge is 0.175 e. The largest absolute Gasteiger partial charge is 0.496 e. The third kappa shape index (κ3) is 5.80. The van der Waals surface area contributed by atoms with Crippen LogP contribution >= 0.6 is 0 Å². The van der Waals surface area contributed by atoms with Gasteiger partial charge in [-0.2, -0.15) is 0 Å². The highest BCUT2D eigenvalue weighted by molar-refractivity contribution is 7.93. The second kappa shape index (κ2) is 10.1. The van der Waals surface area contributed by atoms with Crippen LogP contribution in [0, 0.1) is 0 Å². The summed E-state index contributed by atoms with van der Waals surface area (Å²) in [7, 11) is 2.56. The molecule has 158 valence electrons. The Kier molecular flexibility index (Phi) is 7.78. The first-order valence-corrected chi connectivity index (χ1v) is 10.7. The van der Waals surface area contributed by atoms with E-state index in [2.05, 4.69) is 5.32 Å². The molecule has 8 heteroatoms. The maximum atomic E-state index is 12.7. The molecule has 0 aliphatic carbocycles. The normalized spacial score (nSPS) is 11.3. The highest BCUT2D eigenvalue weighted by atomic mass is 32.2. The summed E-state index contributed by atoms with van der Waals surface area (Å²) >= 11 is 0. The molecule has 0 aliphatic rings. The van der Waals surface area contributed by atoms with Crippen LogP contribution in [0.2, 0.25) is 0 Å². The van der Waals surface area contributed by atoms with Gasteiger partial charge in [-0.05, 0) is 30.7 Å². The molecular formula is C21H27NO6S. The molecule has 0 aromatic heterocycles. The van der Waals surface area contributed by atoms with Crippen molar-refractivity contribution < 1.29 is 27.4 Å². The van der Waals surface area contributed by atoms with Crippen molar-refractivity contribution in [1.29, 1.82) is 0 Å². The van der Waals surface area contributed by atoms with Crippen molar-refractivity contribution >= 4 is 21.6 Å². The molecule has 0 aliphatic heterocycles. The van der Waals surface area contributed by atoms with Gasteiger partial charge in [-0.15, -0.1) is 0 Å². The standard InChI is InChI=1S/C21H27NO6S/c1-6-22-18-11-15(7-8-19(18)26-3)14-29(23,24)10-9-17-20(27-4)12-16(25-2)13-21(17)28-5/h7-13,22H,6,14H2,1-5H3/b10-9+. The fourth-order valence-corrected chi connectivity index (χ4v) is 3.91. The molecule has 1 N–H and O–H groups in total. The maximum Gasteiger partial charge on any atom is 0.175 e. The molecule has 2 rings (SSSR count). The van der Waals surface area contributed by atoms with Crippen LogP contribution in [0.25, 0.3) is 6.08 Å². The first-order chi connectivity index (χ1) is 13.9. The van der Waals surface area contributed by atoms with Crippen LogP contribution < -0.4 is 24.3 Å². The van der Waals surface area contributed by atoms with Gasteiger partial charge in [0, 0.05) is 24.1 Å². The number of hydrogen-bond acceptors (Lipinski definition) is 7. The molecule has 0 spiro atoms. The number of hydrogen-bond donors (Lipinski definition) is 1. The fourth-order valence-electron chi connectivity index (χ4n) is 2.82. The topological polar surface area (TPSA) is 83.1 Å². The van der Waals surface area contributed by atoms with Crippen molar-refractivity contribution in [3.8, 4) is 23.0 Å². The lowest BCUT2D eigenvalue weighted by molar-refractivity contribution is 0.374. The van der Waals surface area contributed by atoms with E-state index >= 15 is 0 Å². The number of benzene rings is 2. The zero-order valence-corrected chi connectivity index (χ0v) is 18.1. The lowest BCUT2D eigenvalue weighted by Gasteiger charge is -2.13. The molecule has 7 nitrogen and oxygen atoms in total. The lowest BCUT2D eigenvalue weighted by Crippen LogP contribution is -2.04. The summed E-state index contributed by atoms with van der Waals surface area (Å²) in [5, 5.41) is 4.33. The zero-order chi connectivity index (χ0) is 21.4. The van der Waals surface area contributed by atoms with Crippen molar-refractivity contribution in [1.82, 2.24) is 0 Å². The van der Waals surface area contributed by atoms with Crippen LogP contribution in [0.3, 0.4) is 0 Å². The van der Waals surface area contributed by atoms with E-state index < -0.39 is 9.84 Å². The van der Waals surface area contributed by atoms with Crippen LogP contribution in [0.15, 0.2) is 35.7 Å². The number of ether oxygens (including phenoxy) is 4. The van der Waals surface area contributed by atoms with Gasteiger partial charge in [0.05, 0.1) is 45.4 Å². The Morgan fingerprint density at radius 2 is 1.52 bits per heavy atom. The predicted molar refractivity (Wildman–Crippen MR) is 115 cm³/mol. The Morgan fingerprint density at radius 3 is 2.03 bits per heavy atom. The van der Waals surface area contributed by atoms with Crippen molar-refractivity contribution in [2.45, 2.75) is 12.7 Å². The molecule has 2 aromatic rings. The first kappa shape index (κ1) is 22.4. The predicted octanol–water partition coefficient (Wildman–Crippen LogP) is 3.74. The lowest BCUT2D eigenvalue weighted by atomic mass is 10.1. The maximum absolute atomic E-state index is 12.7. The van der Waals surface area contributed by atoms with Gasteiger partial charge in [0.2, 0.25) is 0 Å². The molecule has 0 saturated carbocycles. The average molecular weight is 422 g/mol. The summed E-state index contributed by atoms with van der Waals surface area (Å²) in [4.78, 5) is 0. The number of anilines is 1. The van der Waals surface area contributed by atoms with Crippen LogP contribution in [0.1, 0.15) is 18.1 Å². The fraction of sp³-hybridized carbons (Fsp3) is 0.333. The van der Waals surface area contributed by atoms with E-state index in [1.165, 1.54) is 27.4 Å². The van der Waals surface area contributed by atoms with Crippen LogP contribution in [-0.2, 0) is 15.6 Å². The third-order valence-corrected chi connectivity index (χ3v) is 5.48. The van der Waals surface area contributed by atoms with Crippen LogP contribution in [0.4, 0.5) is 5.69 Å². The minimum atomic E-state index is -3.54. The molecule has 0 atom stereocenters. The quantitative estimate of drug-likeness (QED) is 0.626. The number of sulfone groups is 1. The molecule has 0 bridgehead atoms. The van der Waals surface area contributed by atoms with Crippen molar-refractivity contribution in [3.63, 3.8) is 0 Å². The van der Waals surface area contributed by atoms with Gasteiger partial charge < -0.3 is 24.3 Å². The van der Waals surface area contributed by atoms with Crippen molar-refractivity contribution in [2.75, 3.05) is 40.3 Å². The van der Waals surface area contributed by atoms with Gasteiger partial charge in [0.15, 0.2) is 9.84 Å². The summed E-state index contributed by atoms with van der Waals surface area (Å²) in [6.45, 7) is 2.66. The van der Waals surface area contributed by atoms with Crippen molar-refractivity contribution in [3.05, 3.63) is 46.9 Å². The third-order valence-electron chi connectivity index (χ3n) is 4.19. The van der Waals surface area contributed by atoms with E-state index in [1.807, 2.05) is 6.92 Å². The van der Waals surface area contributed by atoms with Gasteiger partial charge in [-0.25, -0.2) is 8.42 Å². The second-order valence-electron chi connectivity index (χ2n) is 6.12. The van der Waals surface area contributed by atoms with Gasteiger partial charge in [-0.3, -0.25) is 0 Å². The Morgan fingerprint density at radius 1 is 0.897 bits per heavy atom. The minimum absolute atomic E-state index is 0.146. The Balaban J connectivity index is 2.32. The Hall–Kier alpha value is -2.87. The SMILES string of the molecule is CCNc1cc(CS(=O)(=O)/C=C/c2c(OC)cc(OC)cc2OC)ccc1OC. The molecule has 0 unspecified atom stereocenters. The highest BCUT2D eigenvalue weighted by Gasteiger charge is 2.14. The van der Waals surface area contributed by atoms with E-state index in [9.17, 15) is 8.42 Å². The van der Waals surface area contributed by atoms with E-state index in [4.69, 9.17) is 18.9 Å².